The zero-order valence-electron chi connectivity index (χ0n) is 16.8. The molecule has 0 saturated heterocycles. The number of amides is 2. The van der Waals surface area contributed by atoms with Gasteiger partial charge >= 0.3 is 0 Å². The van der Waals surface area contributed by atoms with Crippen molar-refractivity contribution in [1.29, 1.82) is 0 Å². The lowest BCUT2D eigenvalue weighted by atomic mass is 10.1. The monoisotopic (exact) mass is 392 g/mol. The molecule has 29 heavy (non-hydrogen) atoms. The number of rotatable bonds is 7. The third-order valence-electron chi connectivity index (χ3n) is 4.49. The summed E-state index contributed by atoms with van der Waals surface area (Å²) in [5.41, 5.74) is 3.06. The molecule has 3 aromatic rings. The Morgan fingerprint density at radius 1 is 1.07 bits per heavy atom. The van der Waals surface area contributed by atoms with E-state index in [0.29, 0.717) is 30.2 Å². The van der Waals surface area contributed by atoms with Crippen LogP contribution in [0.25, 0.3) is 11.4 Å². The van der Waals surface area contributed by atoms with Gasteiger partial charge in [0.25, 0.3) is 5.91 Å². The van der Waals surface area contributed by atoms with Gasteiger partial charge in [-0.05, 0) is 44.2 Å². The van der Waals surface area contributed by atoms with Crippen LogP contribution < -0.4 is 5.32 Å². The third-order valence-corrected chi connectivity index (χ3v) is 4.49. The first-order valence-corrected chi connectivity index (χ1v) is 9.54. The summed E-state index contributed by atoms with van der Waals surface area (Å²) in [6.07, 6.45) is 0. The topological polar surface area (TPSA) is 93.0 Å². The molecular weight excluding hydrogens is 368 g/mol. The van der Waals surface area contributed by atoms with E-state index in [0.717, 1.165) is 11.1 Å². The molecule has 0 unspecified atom stereocenters. The minimum atomic E-state index is -0.301. The quantitative estimate of drug-likeness (QED) is 0.667. The summed E-state index contributed by atoms with van der Waals surface area (Å²) in [6.45, 7) is 7.06. The number of hydrogen-bond acceptors (Lipinski definition) is 5. The van der Waals surface area contributed by atoms with Gasteiger partial charge in [0.1, 0.15) is 6.54 Å². The lowest BCUT2D eigenvalue weighted by Crippen LogP contribution is -2.30. The van der Waals surface area contributed by atoms with Crippen molar-refractivity contribution in [2.75, 3.05) is 18.4 Å². The molecule has 0 aliphatic carbocycles. The molecule has 8 heteroatoms. The number of aryl methyl sites for hydroxylation is 1. The Kier molecular flexibility index (Phi) is 6.33. The number of nitrogens with zero attached hydrogens (tertiary/aromatic N) is 5. The molecule has 150 valence electrons. The SMILES string of the molecule is CCN(CC)C(=O)c1cccc(NC(=O)Cn2nnc(-c3ccc(C)cc3)n2)c1. The molecule has 0 bridgehead atoms. The van der Waals surface area contributed by atoms with E-state index in [1.807, 2.05) is 45.0 Å². The Morgan fingerprint density at radius 3 is 2.48 bits per heavy atom. The van der Waals surface area contributed by atoms with E-state index >= 15 is 0 Å². The molecule has 0 aliphatic heterocycles. The van der Waals surface area contributed by atoms with Crippen LogP contribution >= 0.6 is 0 Å². The average Bonchev–Trinajstić information content (AvgIpc) is 3.17. The normalized spacial score (nSPS) is 10.6. The van der Waals surface area contributed by atoms with Crippen molar-refractivity contribution in [2.24, 2.45) is 0 Å². The second-order valence-corrected chi connectivity index (χ2v) is 6.62. The second-order valence-electron chi connectivity index (χ2n) is 6.62. The molecule has 8 nitrogen and oxygen atoms in total. The van der Waals surface area contributed by atoms with Crippen molar-refractivity contribution in [3.8, 4) is 11.4 Å². The molecule has 1 aromatic heterocycles. The molecule has 1 N–H and O–H groups in total. The largest absolute Gasteiger partial charge is 0.339 e. The molecule has 0 saturated carbocycles. The maximum absolute atomic E-state index is 12.5. The fourth-order valence-corrected chi connectivity index (χ4v) is 2.88. The van der Waals surface area contributed by atoms with Gasteiger partial charge in [-0.1, -0.05) is 35.9 Å². The first-order valence-electron chi connectivity index (χ1n) is 9.54. The van der Waals surface area contributed by atoms with Gasteiger partial charge in [-0.2, -0.15) is 4.80 Å². The molecule has 0 aliphatic rings. The van der Waals surface area contributed by atoms with Gasteiger partial charge in [0.05, 0.1) is 0 Å². The van der Waals surface area contributed by atoms with E-state index in [-0.39, 0.29) is 18.4 Å². The number of hydrogen-bond donors (Lipinski definition) is 1. The minimum Gasteiger partial charge on any atom is -0.339 e. The van der Waals surface area contributed by atoms with E-state index < -0.39 is 0 Å². The summed E-state index contributed by atoms with van der Waals surface area (Å²) in [4.78, 5) is 27.8. The van der Waals surface area contributed by atoms with Crippen molar-refractivity contribution >= 4 is 17.5 Å². The van der Waals surface area contributed by atoms with Crippen LogP contribution in [-0.4, -0.2) is 50.0 Å². The fourth-order valence-electron chi connectivity index (χ4n) is 2.88. The number of aromatic nitrogens is 4. The van der Waals surface area contributed by atoms with Gasteiger partial charge < -0.3 is 10.2 Å². The molecule has 1 heterocycles. The lowest BCUT2D eigenvalue weighted by Gasteiger charge is -2.19. The fraction of sp³-hybridized carbons (Fsp3) is 0.286. The molecule has 0 spiro atoms. The van der Waals surface area contributed by atoms with Gasteiger partial charge in [-0.25, -0.2) is 0 Å². The van der Waals surface area contributed by atoms with E-state index in [4.69, 9.17) is 0 Å². The zero-order valence-corrected chi connectivity index (χ0v) is 16.8. The maximum Gasteiger partial charge on any atom is 0.253 e. The summed E-state index contributed by atoms with van der Waals surface area (Å²) < 4.78 is 0. The standard InChI is InChI=1S/C21H24N6O2/c1-4-26(5-2)21(29)17-7-6-8-18(13-17)22-19(28)14-27-24-20(23-25-27)16-11-9-15(3)10-12-16/h6-13H,4-5,14H2,1-3H3,(H,22,28). The number of anilines is 1. The highest BCUT2D eigenvalue weighted by molar-refractivity contribution is 5.97. The Hall–Kier alpha value is -3.55. The van der Waals surface area contributed by atoms with Crippen molar-refractivity contribution < 1.29 is 9.59 Å². The number of nitrogens with one attached hydrogen (secondary N) is 1. The van der Waals surface area contributed by atoms with Crippen LogP contribution in [0.5, 0.6) is 0 Å². The summed E-state index contributed by atoms with van der Waals surface area (Å²) >= 11 is 0. The van der Waals surface area contributed by atoms with Crippen molar-refractivity contribution in [2.45, 2.75) is 27.3 Å². The molecule has 0 atom stereocenters. The summed E-state index contributed by atoms with van der Waals surface area (Å²) in [5, 5.41) is 15.0. The minimum absolute atomic E-state index is 0.0632. The lowest BCUT2D eigenvalue weighted by molar-refractivity contribution is -0.117. The second kappa shape index (κ2) is 9.09. The van der Waals surface area contributed by atoms with Crippen molar-refractivity contribution in [1.82, 2.24) is 25.1 Å². The van der Waals surface area contributed by atoms with E-state index in [1.54, 1.807) is 29.2 Å². The Labute approximate surface area is 169 Å². The highest BCUT2D eigenvalue weighted by Gasteiger charge is 2.14. The zero-order chi connectivity index (χ0) is 20.8. The Bertz CT molecular complexity index is 992. The van der Waals surface area contributed by atoms with Gasteiger partial charge in [0, 0.05) is 29.9 Å². The predicted octanol–water partition coefficient (Wildman–Crippen LogP) is 2.77. The highest BCUT2D eigenvalue weighted by Crippen LogP contribution is 2.15. The number of carbonyl (C=O) groups excluding carboxylic acids is 2. The highest BCUT2D eigenvalue weighted by atomic mass is 16.2. The van der Waals surface area contributed by atoms with Crippen LogP contribution in [0.1, 0.15) is 29.8 Å². The summed E-state index contributed by atoms with van der Waals surface area (Å²) in [7, 11) is 0. The average molecular weight is 392 g/mol. The van der Waals surface area contributed by atoms with Crippen molar-refractivity contribution in [3.63, 3.8) is 0 Å². The van der Waals surface area contributed by atoms with Crippen LogP contribution in [0.3, 0.4) is 0 Å². The molecular formula is C21H24N6O2. The van der Waals surface area contributed by atoms with Crippen LogP contribution in [0.4, 0.5) is 5.69 Å². The predicted molar refractivity (Wildman–Crippen MR) is 110 cm³/mol. The summed E-state index contributed by atoms with van der Waals surface area (Å²) in [6, 6.07) is 14.7. The van der Waals surface area contributed by atoms with Crippen molar-refractivity contribution in [3.05, 3.63) is 59.7 Å². The maximum atomic E-state index is 12.5. The molecule has 0 fully saturated rings. The first-order chi connectivity index (χ1) is 14.0. The molecule has 2 aromatic carbocycles. The van der Waals surface area contributed by atoms with Crippen LogP contribution in [0.2, 0.25) is 0 Å². The van der Waals surface area contributed by atoms with Gasteiger partial charge in [0.15, 0.2) is 0 Å². The third kappa shape index (κ3) is 5.04. The Morgan fingerprint density at radius 2 is 1.79 bits per heavy atom. The van der Waals surface area contributed by atoms with Crippen LogP contribution in [-0.2, 0) is 11.3 Å². The van der Waals surface area contributed by atoms with E-state index in [2.05, 4.69) is 20.7 Å². The Balaban J connectivity index is 1.65. The van der Waals surface area contributed by atoms with E-state index in [1.165, 1.54) is 4.80 Å². The summed E-state index contributed by atoms with van der Waals surface area (Å²) in [5.74, 6) is 0.0988. The van der Waals surface area contributed by atoms with Crippen LogP contribution in [0, 0.1) is 6.92 Å². The molecule has 2 amide bonds. The first kappa shape index (κ1) is 20.2. The number of tetrazole rings is 1. The van der Waals surface area contributed by atoms with Crippen LogP contribution in [0.15, 0.2) is 48.5 Å². The van der Waals surface area contributed by atoms with Gasteiger partial charge in [-0.3, -0.25) is 9.59 Å². The molecule has 0 radical (unpaired) electrons. The van der Waals surface area contributed by atoms with Gasteiger partial charge in [0.2, 0.25) is 11.7 Å². The molecule has 3 rings (SSSR count). The number of carbonyl (C=O) groups is 2. The number of benzene rings is 2. The van der Waals surface area contributed by atoms with E-state index in [9.17, 15) is 9.59 Å². The van der Waals surface area contributed by atoms with Gasteiger partial charge in [-0.15, -0.1) is 10.2 Å². The smallest absolute Gasteiger partial charge is 0.253 e.